The predicted molar refractivity (Wildman–Crippen MR) is 147 cm³/mol. The summed E-state index contributed by atoms with van der Waals surface area (Å²) in [6.07, 6.45) is 6.36. The van der Waals surface area contributed by atoms with E-state index in [2.05, 4.69) is 30.7 Å². The first kappa shape index (κ1) is 26.4. The number of nitrogen functional groups attached to an aromatic ring is 1. The summed E-state index contributed by atoms with van der Waals surface area (Å²) in [7, 11) is 0. The van der Waals surface area contributed by atoms with Crippen molar-refractivity contribution in [1.29, 1.82) is 0 Å². The molecule has 0 radical (unpaired) electrons. The molecule has 0 aliphatic carbocycles. The van der Waals surface area contributed by atoms with E-state index in [0.717, 1.165) is 93.0 Å². The van der Waals surface area contributed by atoms with Crippen molar-refractivity contribution in [2.45, 2.75) is 38.3 Å². The number of rotatable bonds is 8. The molecule has 6 rings (SSSR count). The molecule has 0 saturated carbocycles. The average Bonchev–Trinajstić information content (AvgIpc) is 3.39. The summed E-state index contributed by atoms with van der Waals surface area (Å²) in [5.41, 5.74) is 7.34. The van der Waals surface area contributed by atoms with E-state index in [9.17, 15) is 4.79 Å². The lowest BCUT2D eigenvalue weighted by Gasteiger charge is -2.38. The Morgan fingerprint density at radius 1 is 1.08 bits per heavy atom. The van der Waals surface area contributed by atoms with Gasteiger partial charge in [0.1, 0.15) is 0 Å². The lowest BCUT2D eigenvalue weighted by Crippen LogP contribution is -2.52. The highest BCUT2D eigenvalue weighted by atomic mass is 32.1. The lowest BCUT2D eigenvalue weighted by molar-refractivity contribution is -0.216. The minimum Gasteiger partial charge on any atom is -0.378 e. The normalized spacial score (nSPS) is 22.3. The van der Waals surface area contributed by atoms with Crippen LogP contribution >= 0.6 is 11.3 Å². The van der Waals surface area contributed by atoms with Crippen LogP contribution in [0.1, 0.15) is 24.1 Å². The molecule has 2 unspecified atom stereocenters. The Kier molecular flexibility index (Phi) is 8.23. The van der Waals surface area contributed by atoms with Gasteiger partial charge in [-0.15, -0.1) is 11.3 Å². The molecular formula is C26H34N8O4S. The molecule has 13 heteroatoms. The molecule has 39 heavy (non-hydrogen) atoms. The SMILES string of the molecule is Nc1ncc(-c2nc(N3CCOCC3)c3sc(CN4CCN(C(C=O)OC5CCCCO5)CC4)cc3n2)cn1. The zero-order valence-corrected chi connectivity index (χ0v) is 22.7. The predicted octanol–water partition coefficient (Wildman–Crippen LogP) is 1.75. The Balaban J connectivity index is 1.16. The zero-order valence-electron chi connectivity index (χ0n) is 21.9. The average molecular weight is 555 g/mol. The topological polar surface area (TPSA) is 132 Å². The number of aldehydes is 1. The number of thiophene rings is 1. The van der Waals surface area contributed by atoms with Crippen molar-refractivity contribution in [2.75, 3.05) is 69.7 Å². The molecule has 3 aliphatic rings. The standard InChI is InChI=1S/C26H34N8O4S/c27-26-28-14-18(15-29-26)24-30-20-13-19(39-23(20)25(31-24)34-8-11-36-12-9-34)16-32-4-6-33(7-5-32)21(17-35)38-22-3-1-2-10-37-22/h13-15,17,21-22H,1-12,16H2,(H2,27,28,29). The van der Waals surface area contributed by atoms with Gasteiger partial charge in [-0.1, -0.05) is 0 Å². The van der Waals surface area contributed by atoms with Crippen LogP contribution in [-0.2, 0) is 25.5 Å². The maximum absolute atomic E-state index is 11.8. The van der Waals surface area contributed by atoms with Gasteiger partial charge in [-0.3, -0.25) is 14.6 Å². The fraction of sp³-hybridized carbons (Fsp3) is 0.577. The van der Waals surface area contributed by atoms with Gasteiger partial charge in [-0.05, 0) is 25.3 Å². The van der Waals surface area contributed by atoms with E-state index in [4.69, 9.17) is 29.9 Å². The first-order valence-corrected chi connectivity index (χ1v) is 14.4. The maximum atomic E-state index is 11.8. The molecule has 3 aliphatic heterocycles. The molecule has 3 saturated heterocycles. The number of hydrogen-bond acceptors (Lipinski definition) is 13. The number of piperazine rings is 1. The maximum Gasteiger partial charge on any atom is 0.219 e. The van der Waals surface area contributed by atoms with Gasteiger partial charge in [0.15, 0.2) is 30.4 Å². The molecular weight excluding hydrogens is 520 g/mol. The van der Waals surface area contributed by atoms with Crippen molar-refractivity contribution >= 4 is 39.6 Å². The summed E-state index contributed by atoms with van der Waals surface area (Å²) in [5.74, 6) is 1.73. The second-order valence-corrected chi connectivity index (χ2v) is 11.1. The molecule has 12 nitrogen and oxygen atoms in total. The molecule has 0 spiro atoms. The molecule has 2 N–H and O–H groups in total. The Morgan fingerprint density at radius 2 is 1.87 bits per heavy atom. The molecule has 3 aromatic heterocycles. The first-order valence-electron chi connectivity index (χ1n) is 13.6. The van der Waals surface area contributed by atoms with Gasteiger partial charge in [-0.25, -0.2) is 19.9 Å². The second-order valence-electron chi connectivity index (χ2n) is 10.00. The van der Waals surface area contributed by atoms with Crippen molar-refractivity contribution in [2.24, 2.45) is 0 Å². The summed E-state index contributed by atoms with van der Waals surface area (Å²) < 4.78 is 18.3. The van der Waals surface area contributed by atoms with Crippen molar-refractivity contribution in [3.8, 4) is 11.4 Å². The third-order valence-corrected chi connectivity index (χ3v) is 8.44. The Bertz CT molecular complexity index is 1250. The van der Waals surface area contributed by atoms with Gasteiger partial charge in [-0.2, -0.15) is 0 Å². The smallest absolute Gasteiger partial charge is 0.219 e. The van der Waals surface area contributed by atoms with Crippen LogP contribution < -0.4 is 10.6 Å². The largest absolute Gasteiger partial charge is 0.378 e. The minimum atomic E-state index is -0.554. The van der Waals surface area contributed by atoms with E-state index < -0.39 is 6.23 Å². The van der Waals surface area contributed by atoms with Gasteiger partial charge in [0.25, 0.3) is 0 Å². The van der Waals surface area contributed by atoms with Gasteiger partial charge in [0.05, 0.1) is 29.0 Å². The van der Waals surface area contributed by atoms with Gasteiger partial charge in [0.2, 0.25) is 5.95 Å². The second kappa shape index (κ2) is 12.1. The van der Waals surface area contributed by atoms with E-state index in [-0.39, 0.29) is 12.2 Å². The quantitative estimate of drug-likeness (QED) is 0.407. The van der Waals surface area contributed by atoms with Crippen molar-refractivity contribution < 1.29 is 19.0 Å². The van der Waals surface area contributed by atoms with Crippen LogP contribution in [0.25, 0.3) is 21.6 Å². The van der Waals surface area contributed by atoms with Crippen molar-refractivity contribution in [3.63, 3.8) is 0 Å². The van der Waals surface area contributed by atoms with Crippen LogP contribution in [0.5, 0.6) is 0 Å². The lowest BCUT2D eigenvalue weighted by atomic mass is 10.2. The number of ether oxygens (including phenoxy) is 3. The number of nitrogens with two attached hydrogens (primary N) is 1. The molecule has 0 bridgehead atoms. The zero-order chi connectivity index (χ0) is 26.6. The fourth-order valence-corrected chi connectivity index (χ4v) is 6.34. The molecule has 3 aromatic rings. The Hall–Kier alpha value is -2.81. The summed E-state index contributed by atoms with van der Waals surface area (Å²) in [4.78, 5) is 37.9. The number of carbonyl (C=O) groups is 1. The highest BCUT2D eigenvalue weighted by Gasteiger charge is 2.28. The third kappa shape index (κ3) is 6.18. The number of anilines is 2. The molecule has 2 atom stereocenters. The first-order chi connectivity index (χ1) is 19.2. The summed E-state index contributed by atoms with van der Waals surface area (Å²) in [6, 6.07) is 2.16. The number of aromatic nitrogens is 4. The third-order valence-electron chi connectivity index (χ3n) is 7.34. The van der Waals surface area contributed by atoms with E-state index in [1.165, 1.54) is 4.88 Å². The van der Waals surface area contributed by atoms with E-state index in [1.807, 2.05) is 0 Å². The van der Waals surface area contributed by atoms with E-state index in [1.54, 1.807) is 23.7 Å². The number of morpholine rings is 1. The highest BCUT2D eigenvalue weighted by Crippen LogP contribution is 2.35. The van der Waals surface area contributed by atoms with Crippen LogP contribution in [-0.4, -0.2) is 108 Å². The van der Waals surface area contributed by atoms with Crippen LogP contribution in [0, 0.1) is 0 Å². The molecule has 0 aromatic carbocycles. The molecule has 0 amide bonds. The minimum absolute atomic E-state index is 0.222. The number of carbonyl (C=O) groups excluding carboxylic acids is 1. The van der Waals surface area contributed by atoms with E-state index in [0.29, 0.717) is 25.6 Å². The van der Waals surface area contributed by atoms with Crippen molar-refractivity contribution in [3.05, 3.63) is 23.3 Å². The van der Waals surface area contributed by atoms with Crippen LogP contribution in [0.15, 0.2) is 18.5 Å². The van der Waals surface area contributed by atoms with Gasteiger partial charge >= 0.3 is 0 Å². The van der Waals surface area contributed by atoms with Crippen LogP contribution in [0.3, 0.4) is 0 Å². The molecule has 6 heterocycles. The molecule has 3 fully saturated rings. The Labute approximate surface area is 231 Å². The fourth-order valence-electron chi connectivity index (χ4n) is 5.19. The van der Waals surface area contributed by atoms with Crippen LogP contribution in [0.4, 0.5) is 11.8 Å². The number of fused-ring (bicyclic) bond motifs is 1. The van der Waals surface area contributed by atoms with E-state index >= 15 is 0 Å². The van der Waals surface area contributed by atoms with Crippen molar-refractivity contribution in [1.82, 2.24) is 29.7 Å². The monoisotopic (exact) mass is 554 g/mol. The Morgan fingerprint density at radius 3 is 2.59 bits per heavy atom. The highest BCUT2D eigenvalue weighted by molar-refractivity contribution is 7.19. The van der Waals surface area contributed by atoms with Gasteiger partial charge in [0, 0.05) is 69.7 Å². The summed E-state index contributed by atoms with van der Waals surface area (Å²) in [5, 5.41) is 0. The number of nitrogens with zero attached hydrogens (tertiary/aromatic N) is 7. The number of hydrogen-bond donors (Lipinski definition) is 1. The van der Waals surface area contributed by atoms with Gasteiger partial charge < -0.3 is 24.8 Å². The summed E-state index contributed by atoms with van der Waals surface area (Å²) >= 11 is 1.74. The van der Waals surface area contributed by atoms with Crippen LogP contribution in [0.2, 0.25) is 0 Å². The summed E-state index contributed by atoms with van der Waals surface area (Å²) in [6.45, 7) is 7.66. The molecule has 208 valence electrons.